The van der Waals surface area contributed by atoms with Crippen LogP contribution in [-0.4, -0.2) is 4.57 Å². The van der Waals surface area contributed by atoms with E-state index in [-0.39, 0.29) is 0 Å². The Balaban J connectivity index is 1.20. The molecule has 0 saturated carbocycles. The first-order valence-corrected chi connectivity index (χ1v) is 19.7. The number of aromatic nitrogens is 1. The van der Waals surface area contributed by atoms with Crippen LogP contribution in [0.1, 0.15) is 22.3 Å². The third kappa shape index (κ3) is 5.11. The highest BCUT2D eigenvalue weighted by atomic mass is 15.2. The molecule has 2 heteroatoms. The number of nitrogens with zero attached hydrogens (tertiary/aromatic N) is 2. The molecule has 0 N–H and O–H groups in total. The molecule has 0 aliphatic heterocycles. The van der Waals surface area contributed by atoms with Crippen molar-refractivity contribution in [3.8, 4) is 27.9 Å². The lowest BCUT2D eigenvalue weighted by molar-refractivity contribution is 0.768. The molecule has 0 bridgehead atoms. The summed E-state index contributed by atoms with van der Waals surface area (Å²) in [7, 11) is 0. The highest BCUT2D eigenvalue weighted by Gasteiger charge is 2.46. The summed E-state index contributed by atoms with van der Waals surface area (Å²) in [5.74, 6) is 0. The van der Waals surface area contributed by atoms with Gasteiger partial charge in [0, 0.05) is 27.8 Å². The molecule has 0 saturated heterocycles. The van der Waals surface area contributed by atoms with Gasteiger partial charge in [0.25, 0.3) is 0 Å². The van der Waals surface area contributed by atoms with E-state index in [1.54, 1.807) is 0 Å². The summed E-state index contributed by atoms with van der Waals surface area (Å²) < 4.78 is 2.43. The van der Waals surface area contributed by atoms with E-state index in [0.29, 0.717) is 0 Å². The summed E-state index contributed by atoms with van der Waals surface area (Å²) in [5, 5.41) is 2.45. The number of anilines is 3. The third-order valence-electron chi connectivity index (χ3n) is 11.9. The summed E-state index contributed by atoms with van der Waals surface area (Å²) in [6.45, 7) is 0. The van der Waals surface area contributed by atoms with Crippen molar-refractivity contribution < 1.29 is 0 Å². The fourth-order valence-corrected chi connectivity index (χ4v) is 9.48. The van der Waals surface area contributed by atoms with Crippen molar-refractivity contribution in [3.05, 3.63) is 253 Å². The van der Waals surface area contributed by atoms with Crippen LogP contribution in [-0.2, 0) is 5.41 Å². The Bertz CT molecular complexity index is 3010. The van der Waals surface area contributed by atoms with Crippen LogP contribution in [0.5, 0.6) is 0 Å². The second-order valence-electron chi connectivity index (χ2n) is 14.9. The Morgan fingerprint density at radius 1 is 0.368 bits per heavy atom. The molecule has 9 aromatic carbocycles. The molecule has 57 heavy (non-hydrogen) atoms. The summed E-state index contributed by atoms with van der Waals surface area (Å²) in [6, 6.07) is 84.3. The van der Waals surface area contributed by atoms with Crippen LogP contribution >= 0.6 is 0 Å². The minimum absolute atomic E-state index is 0.516. The quantitative estimate of drug-likeness (QED) is 0.159. The average Bonchev–Trinajstić information content (AvgIpc) is 3.79. The molecule has 1 heterocycles. The van der Waals surface area contributed by atoms with Crippen LogP contribution in [0.2, 0.25) is 0 Å². The van der Waals surface area contributed by atoms with Crippen molar-refractivity contribution in [1.29, 1.82) is 0 Å². The standard InChI is InChI=1S/C55H38N2/c1-4-18-39(19-5-1)40-34-36-44(37-35-40)56(53-33-17-29-49-48-28-12-15-32-52(48)57(54(49)53)43-23-8-3-9-24-43)45-25-16-22-42(38-45)55(41-20-6-2-7-21-41)50-30-13-10-26-46(50)47-27-11-14-31-51(47)55/h1-38H. The number of rotatable bonds is 7. The monoisotopic (exact) mass is 726 g/mol. The van der Waals surface area contributed by atoms with Gasteiger partial charge in [-0.15, -0.1) is 0 Å². The van der Waals surface area contributed by atoms with Crippen LogP contribution in [0.15, 0.2) is 231 Å². The molecule has 1 aliphatic rings. The Kier molecular flexibility index (Phi) is 7.75. The summed E-state index contributed by atoms with van der Waals surface area (Å²) >= 11 is 0. The normalized spacial score (nSPS) is 12.7. The fourth-order valence-electron chi connectivity index (χ4n) is 9.48. The molecule has 1 aliphatic carbocycles. The summed E-state index contributed by atoms with van der Waals surface area (Å²) in [5.41, 5.74) is 16.3. The van der Waals surface area contributed by atoms with Crippen molar-refractivity contribution in [1.82, 2.24) is 4.57 Å². The van der Waals surface area contributed by atoms with Gasteiger partial charge in [0.15, 0.2) is 0 Å². The van der Waals surface area contributed by atoms with Crippen molar-refractivity contribution in [3.63, 3.8) is 0 Å². The van der Waals surface area contributed by atoms with Crippen molar-refractivity contribution >= 4 is 38.9 Å². The Morgan fingerprint density at radius 2 is 0.912 bits per heavy atom. The predicted octanol–water partition coefficient (Wildman–Crippen LogP) is 14.3. The van der Waals surface area contributed by atoms with Gasteiger partial charge in [0.05, 0.1) is 22.1 Å². The zero-order valence-electron chi connectivity index (χ0n) is 31.3. The number of benzene rings is 9. The zero-order chi connectivity index (χ0) is 37.8. The van der Waals surface area contributed by atoms with Gasteiger partial charge in [-0.25, -0.2) is 0 Å². The van der Waals surface area contributed by atoms with E-state index in [9.17, 15) is 0 Å². The number of fused-ring (bicyclic) bond motifs is 6. The summed E-state index contributed by atoms with van der Waals surface area (Å²) in [6.07, 6.45) is 0. The van der Waals surface area contributed by atoms with Crippen LogP contribution in [0, 0.1) is 0 Å². The molecule has 11 rings (SSSR count). The summed E-state index contributed by atoms with van der Waals surface area (Å²) in [4.78, 5) is 2.46. The lowest BCUT2D eigenvalue weighted by atomic mass is 9.67. The van der Waals surface area contributed by atoms with Crippen LogP contribution < -0.4 is 4.90 Å². The highest BCUT2D eigenvalue weighted by Crippen LogP contribution is 2.56. The van der Waals surface area contributed by atoms with Crippen molar-refractivity contribution in [2.75, 3.05) is 4.90 Å². The SMILES string of the molecule is c1ccc(-c2ccc(N(c3cccc(C4(c5ccccc5)c5ccccc5-c5ccccc54)c3)c3cccc4c5ccccc5n(-c5ccccc5)c34)cc2)cc1. The topological polar surface area (TPSA) is 8.17 Å². The van der Waals surface area contributed by atoms with Gasteiger partial charge in [0.1, 0.15) is 0 Å². The molecule has 10 aromatic rings. The molecular formula is C55H38N2. The van der Waals surface area contributed by atoms with Gasteiger partial charge in [-0.05, 0) is 93.0 Å². The molecular weight excluding hydrogens is 689 g/mol. The van der Waals surface area contributed by atoms with E-state index in [0.717, 1.165) is 28.3 Å². The lowest BCUT2D eigenvalue weighted by Crippen LogP contribution is -2.28. The van der Waals surface area contributed by atoms with Crippen LogP contribution in [0.25, 0.3) is 49.7 Å². The third-order valence-corrected chi connectivity index (χ3v) is 11.9. The van der Waals surface area contributed by atoms with Gasteiger partial charge in [-0.2, -0.15) is 0 Å². The zero-order valence-corrected chi connectivity index (χ0v) is 31.3. The second kappa shape index (κ2) is 13.4. The van der Waals surface area contributed by atoms with E-state index in [1.807, 2.05) is 0 Å². The predicted molar refractivity (Wildman–Crippen MR) is 238 cm³/mol. The van der Waals surface area contributed by atoms with Crippen LogP contribution in [0.4, 0.5) is 17.1 Å². The largest absolute Gasteiger partial charge is 0.308 e. The number of hydrogen-bond donors (Lipinski definition) is 0. The maximum atomic E-state index is 2.46. The van der Waals surface area contributed by atoms with Crippen LogP contribution in [0.3, 0.4) is 0 Å². The maximum Gasteiger partial charge on any atom is 0.0782 e. The van der Waals surface area contributed by atoms with Crippen molar-refractivity contribution in [2.45, 2.75) is 5.41 Å². The Hall–Kier alpha value is -7.42. The van der Waals surface area contributed by atoms with Crippen molar-refractivity contribution in [2.24, 2.45) is 0 Å². The molecule has 0 atom stereocenters. The first-order chi connectivity index (χ1) is 28.3. The van der Waals surface area contributed by atoms with Gasteiger partial charge >= 0.3 is 0 Å². The number of para-hydroxylation sites is 3. The lowest BCUT2D eigenvalue weighted by Gasteiger charge is -2.35. The Labute approximate surface area is 333 Å². The van der Waals surface area contributed by atoms with Gasteiger partial charge < -0.3 is 9.47 Å². The van der Waals surface area contributed by atoms with Gasteiger partial charge in [0.2, 0.25) is 0 Å². The molecule has 0 amide bonds. The van der Waals surface area contributed by atoms with Gasteiger partial charge in [-0.3, -0.25) is 0 Å². The highest BCUT2D eigenvalue weighted by molar-refractivity contribution is 6.14. The molecule has 0 fully saturated rings. The number of hydrogen-bond acceptors (Lipinski definition) is 1. The molecule has 0 unspecified atom stereocenters. The van der Waals surface area contributed by atoms with E-state index < -0.39 is 5.41 Å². The van der Waals surface area contributed by atoms with E-state index >= 15 is 0 Å². The smallest absolute Gasteiger partial charge is 0.0782 e. The second-order valence-corrected chi connectivity index (χ2v) is 14.9. The van der Waals surface area contributed by atoms with E-state index in [1.165, 1.54) is 60.8 Å². The molecule has 268 valence electrons. The molecule has 2 nitrogen and oxygen atoms in total. The molecule has 0 radical (unpaired) electrons. The van der Waals surface area contributed by atoms with Gasteiger partial charge in [-0.1, -0.05) is 182 Å². The van der Waals surface area contributed by atoms with E-state index in [4.69, 9.17) is 0 Å². The Morgan fingerprint density at radius 3 is 1.63 bits per heavy atom. The molecule has 0 spiro atoms. The maximum absolute atomic E-state index is 2.46. The first kappa shape index (κ1) is 33.0. The molecule has 1 aromatic heterocycles. The van der Waals surface area contributed by atoms with E-state index in [2.05, 4.69) is 240 Å². The fraction of sp³-hybridized carbons (Fsp3) is 0.0182. The average molecular weight is 727 g/mol. The minimum Gasteiger partial charge on any atom is -0.308 e. The first-order valence-electron chi connectivity index (χ1n) is 19.7. The minimum atomic E-state index is -0.516.